The number of nitrogens with zero attached hydrogens (tertiary/aromatic N) is 1. The van der Waals surface area contributed by atoms with Gasteiger partial charge in [0.25, 0.3) is 0 Å². The number of hydrogen-bond acceptors (Lipinski definition) is 3. The van der Waals surface area contributed by atoms with E-state index in [4.69, 9.17) is 5.73 Å². The van der Waals surface area contributed by atoms with Crippen molar-refractivity contribution in [3.63, 3.8) is 0 Å². The van der Waals surface area contributed by atoms with Crippen LogP contribution < -0.4 is 11.1 Å². The predicted octanol–water partition coefficient (Wildman–Crippen LogP) is 0.964. The van der Waals surface area contributed by atoms with Crippen LogP contribution in [-0.4, -0.2) is 44.0 Å². The number of hydrogen-bond donors (Lipinski definition) is 2. The smallest absolute Gasteiger partial charge is 0.223 e. The Morgan fingerprint density at radius 1 is 1.24 bits per heavy atom. The summed E-state index contributed by atoms with van der Waals surface area (Å²) in [7, 11) is 2.12. The minimum absolute atomic E-state index is 0.246. The van der Waals surface area contributed by atoms with Crippen LogP contribution in [-0.2, 0) is 4.79 Å². The predicted molar refractivity (Wildman–Crippen MR) is 70.8 cm³/mol. The highest BCUT2D eigenvalue weighted by molar-refractivity contribution is 5.78. The van der Waals surface area contributed by atoms with E-state index >= 15 is 0 Å². The van der Waals surface area contributed by atoms with Crippen molar-refractivity contribution in [3.05, 3.63) is 0 Å². The van der Waals surface area contributed by atoms with Crippen LogP contribution in [0.15, 0.2) is 0 Å². The number of unbranched alkanes of at least 4 members (excludes halogenated alkanes) is 3. The van der Waals surface area contributed by atoms with Crippen molar-refractivity contribution in [2.45, 2.75) is 38.5 Å². The van der Waals surface area contributed by atoms with Gasteiger partial charge in [0.15, 0.2) is 0 Å². The number of carbonyl (C=O) groups is 1. The molecule has 0 spiro atoms. The first-order valence-corrected chi connectivity index (χ1v) is 6.90. The van der Waals surface area contributed by atoms with Crippen molar-refractivity contribution < 1.29 is 4.79 Å². The first-order valence-electron chi connectivity index (χ1n) is 6.90. The molecular formula is C13H27N3O. The topological polar surface area (TPSA) is 58.4 Å². The summed E-state index contributed by atoms with van der Waals surface area (Å²) < 4.78 is 0. The van der Waals surface area contributed by atoms with E-state index in [1.54, 1.807) is 0 Å². The van der Waals surface area contributed by atoms with Crippen molar-refractivity contribution >= 4 is 5.91 Å². The highest BCUT2D eigenvalue weighted by Gasteiger charge is 2.22. The number of rotatable bonds is 7. The monoisotopic (exact) mass is 241 g/mol. The maximum atomic E-state index is 11.8. The Morgan fingerprint density at radius 3 is 2.53 bits per heavy atom. The molecule has 0 aromatic heterocycles. The summed E-state index contributed by atoms with van der Waals surface area (Å²) >= 11 is 0. The first-order chi connectivity index (χ1) is 8.24. The molecule has 4 heteroatoms. The highest BCUT2D eigenvalue weighted by atomic mass is 16.1. The van der Waals surface area contributed by atoms with Gasteiger partial charge < -0.3 is 16.0 Å². The second-order valence-electron chi connectivity index (χ2n) is 5.07. The fraction of sp³-hybridized carbons (Fsp3) is 0.923. The van der Waals surface area contributed by atoms with Crippen LogP contribution in [0.25, 0.3) is 0 Å². The fourth-order valence-corrected chi connectivity index (χ4v) is 2.25. The van der Waals surface area contributed by atoms with E-state index in [1.165, 1.54) is 12.8 Å². The molecular weight excluding hydrogens is 214 g/mol. The van der Waals surface area contributed by atoms with E-state index in [0.717, 1.165) is 51.9 Å². The molecule has 0 aromatic carbocycles. The summed E-state index contributed by atoms with van der Waals surface area (Å²) in [5.41, 5.74) is 5.43. The molecule has 1 aliphatic rings. The van der Waals surface area contributed by atoms with E-state index in [2.05, 4.69) is 17.3 Å². The third-order valence-electron chi connectivity index (χ3n) is 3.52. The number of likely N-dealkylation sites (tertiary alicyclic amines) is 1. The zero-order valence-electron chi connectivity index (χ0n) is 11.1. The Bertz CT molecular complexity index is 213. The second kappa shape index (κ2) is 8.48. The lowest BCUT2D eigenvalue weighted by Gasteiger charge is -2.28. The Labute approximate surface area is 105 Å². The molecule has 0 bridgehead atoms. The fourth-order valence-electron chi connectivity index (χ4n) is 2.25. The molecule has 17 heavy (non-hydrogen) atoms. The minimum Gasteiger partial charge on any atom is -0.356 e. The third-order valence-corrected chi connectivity index (χ3v) is 3.52. The van der Waals surface area contributed by atoms with Gasteiger partial charge in [-0.2, -0.15) is 0 Å². The number of carbonyl (C=O) groups excluding carboxylic acids is 1. The SMILES string of the molecule is CN1CCC(C(=O)NCCCCCCN)CC1. The quantitative estimate of drug-likeness (QED) is 0.653. The molecule has 1 aliphatic heterocycles. The molecule has 0 aromatic rings. The van der Waals surface area contributed by atoms with Crippen molar-refractivity contribution in [1.82, 2.24) is 10.2 Å². The van der Waals surface area contributed by atoms with Gasteiger partial charge in [0, 0.05) is 12.5 Å². The summed E-state index contributed by atoms with van der Waals surface area (Å²) in [4.78, 5) is 14.1. The van der Waals surface area contributed by atoms with E-state index in [9.17, 15) is 4.79 Å². The Morgan fingerprint density at radius 2 is 1.88 bits per heavy atom. The van der Waals surface area contributed by atoms with Crippen LogP contribution >= 0.6 is 0 Å². The average Bonchev–Trinajstić information content (AvgIpc) is 2.34. The molecule has 0 unspecified atom stereocenters. The number of piperidine rings is 1. The van der Waals surface area contributed by atoms with Crippen molar-refractivity contribution in [2.75, 3.05) is 33.2 Å². The molecule has 0 atom stereocenters. The van der Waals surface area contributed by atoms with E-state index in [1.807, 2.05) is 0 Å². The average molecular weight is 241 g/mol. The van der Waals surface area contributed by atoms with Gasteiger partial charge in [0.2, 0.25) is 5.91 Å². The number of amides is 1. The largest absolute Gasteiger partial charge is 0.356 e. The van der Waals surface area contributed by atoms with Gasteiger partial charge in [0.05, 0.1) is 0 Å². The summed E-state index contributed by atoms with van der Waals surface area (Å²) in [6.45, 7) is 3.71. The molecule has 0 radical (unpaired) electrons. The van der Waals surface area contributed by atoms with Crippen LogP contribution in [0.3, 0.4) is 0 Å². The molecule has 100 valence electrons. The van der Waals surface area contributed by atoms with Gasteiger partial charge in [-0.15, -0.1) is 0 Å². The van der Waals surface area contributed by atoms with Crippen molar-refractivity contribution in [1.29, 1.82) is 0 Å². The Balaban J connectivity index is 2.01. The van der Waals surface area contributed by atoms with Gasteiger partial charge in [-0.25, -0.2) is 0 Å². The van der Waals surface area contributed by atoms with Crippen LogP contribution in [0.1, 0.15) is 38.5 Å². The molecule has 1 amide bonds. The molecule has 1 heterocycles. The molecule has 1 rings (SSSR count). The maximum absolute atomic E-state index is 11.8. The second-order valence-corrected chi connectivity index (χ2v) is 5.07. The zero-order chi connectivity index (χ0) is 12.5. The van der Waals surface area contributed by atoms with Gasteiger partial charge in [0.1, 0.15) is 0 Å². The standard InChI is InChI=1S/C13H27N3O/c1-16-10-6-12(7-11-16)13(17)15-9-5-3-2-4-8-14/h12H,2-11,14H2,1H3,(H,15,17). The lowest BCUT2D eigenvalue weighted by molar-refractivity contribution is -0.126. The van der Waals surface area contributed by atoms with E-state index in [0.29, 0.717) is 0 Å². The van der Waals surface area contributed by atoms with Crippen molar-refractivity contribution in [2.24, 2.45) is 11.7 Å². The lowest BCUT2D eigenvalue weighted by atomic mass is 9.96. The Kier molecular flexibility index (Phi) is 7.21. The molecule has 4 nitrogen and oxygen atoms in total. The van der Waals surface area contributed by atoms with Gasteiger partial charge >= 0.3 is 0 Å². The number of nitrogens with two attached hydrogens (primary N) is 1. The Hall–Kier alpha value is -0.610. The normalized spacial score (nSPS) is 18.2. The summed E-state index contributed by atoms with van der Waals surface area (Å²) in [5, 5.41) is 3.06. The van der Waals surface area contributed by atoms with Crippen LogP contribution in [0.2, 0.25) is 0 Å². The van der Waals surface area contributed by atoms with Gasteiger partial charge in [-0.1, -0.05) is 12.8 Å². The summed E-state index contributed by atoms with van der Waals surface area (Å²) in [6, 6.07) is 0. The zero-order valence-corrected chi connectivity index (χ0v) is 11.1. The molecule has 1 fully saturated rings. The summed E-state index contributed by atoms with van der Waals surface area (Å²) in [5.74, 6) is 0.507. The lowest BCUT2D eigenvalue weighted by Crippen LogP contribution is -2.39. The number of nitrogens with one attached hydrogen (secondary N) is 1. The summed E-state index contributed by atoms with van der Waals surface area (Å²) in [6.07, 6.45) is 6.55. The van der Waals surface area contributed by atoms with Crippen LogP contribution in [0.5, 0.6) is 0 Å². The molecule has 0 saturated carbocycles. The minimum atomic E-state index is 0.246. The maximum Gasteiger partial charge on any atom is 0.223 e. The molecule has 1 saturated heterocycles. The van der Waals surface area contributed by atoms with E-state index < -0.39 is 0 Å². The first kappa shape index (κ1) is 14.5. The van der Waals surface area contributed by atoms with Gasteiger partial charge in [-0.05, 0) is 52.4 Å². The van der Waals surface area contributed by atoms with Crippen LogP contribution in [0.4, 0.5) is 0 Å². The van der Waals surface area contributed by atoms with E-state index in [-0.39, 0.29) is 11.8 Å². The highest BCUT2D eigenvalue weighted by Crippen LogP contribution is 2.15. The van der Waals surface area contributed by atoms with Gasteiger partial charge in [-0.3, -0.25) is 4.79 Å². The van der Waals surface area contributed by atoms with Crippen molar-refractivity contribution in [3.8, 4) is 0 Å². The van der Waals surface area contributed by atoms with Crippen LogP contribution in [0, 0.1) is 5.92 Å². The molecule has 0 aliphatic carbocycles. The molecule has 3 N–H and O–H groups in total. The third kappa shape index (κ3) is 6.03.